The molecule has 2 N–H and O–H groups in total. The van der Waals surface area contributed by atoms with E-state index in [0.717, 1.165) is 35.6 Å². The maximum atomic E-state index is 12.0. The normalized spacial score (nSPS) is 12.6. The fourth-order valence-corrected chi connectivity index (χ4v) is 3.43. The van der Waals surface area contributed by atoms with E-state index >= 15 is 0 Å². The quantitative estimate of drug-likeness (QED) is 0.529. The molecule has 0 unspecified atom stereocenters. The van der Waals surface area contributed by atoms with Crippen LogP contribution in [0.15, 0.2) is 34.2 Å². The molecule has 0 atom stereocenters. The van der Waals surface area contributed by atoms with Crippen molar-refractivity contribution >= 4 is 17.7 Å². The average Bonchev–Trinajstić information content (AvgIpc) is 2.66. The number of hydrogen-bond donors (Lipinski definition) is 2. The highest BCUT2D eigenvalue weighted by Crippen LogP contribution is 2.30. The maximum absolute atomic E-state index is 12.0. The van der Waals surface area contributed by atoms with E-state index in [1.807, 2.05) is 25.1 Å². The van der Waals surface area contributed by atoms with Gasteiger partial charge in [-0.3, -0.25) is 9.59 Å². The number of H-pyrrole nitrogens is 1. The summed E-state index contributed by atoms with van der Waals surface area (Å²) in [7, 11) is 0. The Bertz CT molecular complexity index is 853. The molecule has 0 radical (unpaired) electrons. The van der Waals surface area contributed by atoms with Crippen molar-refractivity contribution in [1.82, 2.24) is 15.3 Å². The number of benzene rings is 1. The van der Waals surface area contributed by atoms with Gasteiger partial charge in [-0.1, -0.05) is 31.2 Å². The minimum Gasteiger partial charge on any atom is -0.486 e. The molecule has 1 amide bonds. The third kappa shape index (κ3) is 5.75. The molecule has 0 bridgehead atoms. The number of amides is 1. The smallest absolute Gasteiger partial charge is 0.251 e. The van der Waals surface area contributed by atoms with Gasteiger partial charge < -0.3 is 19.8 Å². The second-order valence-corrected chi connectivity index (χ2v) is 7.12. The Labute approximate surface area is 161 Å². The number of aromatic amines is 1. The van der Waals surface area contributed by atoms with Crippen molar-refractivity contribution in [2.24, 2.45) is 0 Å². The number of hydrogen-bond acceptors (Lipinski definition) is 6. The molecule has 0 saturated carbocycles. The van der Waals surface area contributed by atoms with E-state index in [0.29, 0.717) is 31.3 Å². The fourth-order valence-electron chi connectivity index (χ4n) is 2.71. The zero-order chi connectivity index (χ0) is 19.1. The van der Waals surface area contributed by atoms with E-state index in [2.05, 4.69) is 15.3 Å². The van der Waals surface area contributed by atoms with Crippen LogP contribution < -0.4 is 20.3 Å². The second-order valence-electron chi connectivity index (χ2n) is 6.16. The Morgan fingerprint density at radius 3 is 2.85 bits per heavy atom. The van der Waals surface area contributed by atoms with Crippen molar-refractivity contribution in [3.63, 3.8) is 0 Å². The van der Waals surface area contributed by atoms with E-state index < -0.39 is 0 Å². The van der Waals surface area contributed by atoms with Crippen LogP contribution >= 0.6 is 11.8 Å². The van der Waals surface area contributed by atoms with Crippen molar-refractivity contribution in [3.8, 4) is 11.5 Å². The zero-order valence-electron chi connectivity index (χ0n) is 15.2. The highest BCUT2D eigenvalue weighted by atomic mass is 32.2. The first-order valence-electron chi connectivity index (χ1n) is 9.02. The molecule has 1 aliphatic rings. The van der Waals surface area contributed by atoms with Crippen LogP contribution in [0.4, 0.5) is 0 Å². The van der Waals surface area contributed by atoms with Gasteiger partial charge in [0.1, 0.15) is 13.2 Å². The van der Waals surface area contributed by atoms with Gasteiger partial charge in [-0.2, -0.15) is 0 Å². The summed E-state index contributed by atoms with van der Waals surface area (Å²) in [5.74, 6) is 1.63. The van der Waals surface area contributed by atoms with Crippen molar-refractivity contribution < 1.29 is 14.3 Å². The predicted octanol–water partition coefficient (Wildman–Crippen LogP) is 1.94. The van der Waals surface area contributed by atoms with Gasteiger partial charge in [-0.05, 0) is 30.5 Å². The predicted molar refractivity (Wildman–Crippen MR) is 104 cm³/mol. The summed E-state index contributed by atoms with van der Waals surface area (Å²) in [6.07, 6.45) is 2.37. The third-order valence-corrected chi connectivity index (χ3v) is 4.83. The SMILES string of the molecule is CCCc1cc(=O)[nH]c(SCC(=O)NCCc2ccc3c(c2)OCCO3)n1. The summed E-state index contributed by atoms with van der Waals surface area (Å²) in [6, 6.07) is 7.32. The minimum atomic E-state index is -0.185. The lowest BCUT2D eigenvalue weighted by molar-refractivity contribution is -0.118. The number of nitrogens with one attached hydrogen (secondary N) is 2. The van der Waals surface area contributed by atoms with Gasteiger partial charge in [0.25, 0.3) is 5.56 Å². The molecule has 2 heterocycles. The Hall–Kier alpha value is -2.48. The summed E-state index contributed by atoms with van der Waals surface area (Å²) >= 11 is 1.23. The van der Waals surface area contributed by atoms with Crippen LogP contribution in [0.2, 0.25) is 0 Å². The lowest BCUT2D eigenvalue weighted by Crippen LogP contribution is -2.27. The maximum Gasteiger partial charge on any atom is 0.251 e. The van der Waals surface area contributed by atoms with Crippen LogP contribution in [0, 0.1) is 0 Å². The molecule has 7 nitrogen and oxygen atoms in total. The molecule has 0 aliphatic carbocycles. The van der Waals surface area contributed by atoms with Crippen molar-refractivity contribution in [2.75, 3.05) is 25.5 Å². The van der Waals surface area contributed by atoms with Crippen LogP contribution in [0.25, 0.3) is 0 Å². The highest BCUT2D eigenvalue weighted by molar-refractivity contribution is 7.99. The Morgan fingerprint density at radius 2 is 2.04 bits per heavy atom. The largest absolute Gasteiger partial charge is 0.486 e. The molecule has 1 aromatic carbocycles. The standard InChI is InChI=1S/C19H23N3O4S/c1-2-3-14-11-17(23)22-19(21-14)27-12-18(24)20-7-6-13-4-5-15-16(10-13)26-9-8-25-15/h4-5,10-11H,2-3,6-9,12H2,1H3,(H,20,24)(H,21,22,23). The fraction of sp³-hybridized carbons (Fsp3) is 0.421. The summed E-state index contributed by atoms with van der Waals surface area (Å²) in [6.45, 7) is 3.69. The van der Waals surface area contributed by atoms with Crippen molar-refractivity contribution in [2.45, 2.75) is 31.3 Å². The number of fused-ring (bicyclic) bond motifs is 1. The van der Waals surface area contributed by atoms with Crippen molar-refractivity contribution in [1.29, 1.82) is 0 Å². The van der Waals surface area contributed by atoms with Crippen LogP contribution in [0.1, 0.15) is 24.6 Å². The topological polar surface area (TPSA) is 93.3 Å². The summed E-state index contributed by atoms with van der Waals surface area (Å²) in [5.41, 5.74) is 1.64. The zero-order valence-corrected chi connectivity index (χ0v) is 16.1. The first-order chi connectivity index (χ1) is 13.1. The van der Waals surface area contributed by atoms with Gasteiger partial charge in [0, 0.05) is 18.3 Å². The Balaban J connectivity index is 1.44. The first-order valence-corrected chi connectivity index (χ1v) is 10.0. The number of ether oxygens (including phenoxy) is 2. The molecular formula is C19H23N3O4S. The summed E-state index contributed by atoms with van der Waals surface area (Å²) < 4.78 is 11.1. The van der Waals surface area contributed by atoms with Gasteiger partial charge >= 0.3 is 0 Å². The van der Waals surface area contributed by atoms with Gasteiger partial charge in [0.15, 0.2) is 16.7 Å². The van der Waals surface area contributed by atoms with Gasteiger partial charge in [0.2, 0.25) is 5.91 Å². The van der Waals surface area contributed by atoms with Gasteiger partial charge in [-0.15, -0.1) is 0 Å². The lowest BCUT2D eigenvalue weighted by Gasteiger charge is -2.18. The third-order valence-electron chi connectivity index (χ3n) is 3.96. The molecule has 3 rings (SSSR count). The van der Waals surface area contributed by atoms with Crippen LogP contribution in [-0.4, -0.2) is 41.4 Å². The Morgan fingerprint density at radius 1 is 1.22 bits per heavy atom. The number of rotatable bonds is 8. The molecule has 144 valence electrons. The van der Waals surface area contributed by atoms with Crippen LogP contribution in [-0.2, 0) is 17.6 Å². The minimum absolute atomic E-state index is 0.0962. The first kappa shape index (κ1) is 19.3. The van der Waals surface area contributed by atoms with E-state index in [1.54, 1.807) is 0 Å². The monoisotopic (exact) mass is 389 g/mol. The average molecular weight is 389 g/mol. The molecule has 27 heavy (non-hydrogen) atoms. The van der Waals surface area contributed by atoms with Crippen LogP contribution in [0.5, 0.6) is 11.5 Å². The van der Waals surface area contributed by atoms with Gasteiger partial charge in [0.05, 0.1) is 5.75 Å². The summed E-state index contributed by atoms with van der Waals surface area (Å²) in [5, 5.41) is 3.36. The van der Waals surface area contributed by atoms with E-state index in [-0.39, 0.29) is 17.2 Å². The second kappa shape index (κ2) is 9.45. The molecule has 1 aromatic heterocycles. The number of aryl methyl sites for hydroxylation is 1. The number of thioether (sulfide) groups is 1. The van der Waals surface area contributed by atoms with E-state index in [9.17, 15) is 9.59 Å². The number of carbonyl (C=O) groups is 1. The molecular weight excluding hydrogens is 366 g/mol. The number of nitrogens with zero attached hydrogens (tertiary/aromatic N) is 1. The number of carbonyl (C=O) groups excluding carboxylic acids is 1. The summed E-state index contributed by atoms with van der Waals surface area (Å²) in [4.78, 5) is 30.7. The highest BCUT2D eigenvalue weighted by Gasteiger charge is 2.12. The number of aromatic nitrogens is 2. The molecule has 0 spiro atoms. The molecule has 8 heteroatoms. The van der Waals surface area contributed by atoms with Crippen molar-refractivity contribution in [3.05, 3.63) is 45.9 Å². The van der Waals surface area contributed by atoms with Gasteiger partial charge in [-0.25, -0.2) is 4.98 Å². The Kier molecular flexibility index (Phi) is 6.75. The molecule has 0 fully saturated rings. The molecule has 2 aromatic rings. The molecule has 1 aliphatic heterocycles. The van der Waals surface area contributed by atoms with E-state index in [4.69, 9.17) is 9.47 Å². The van der Waals surface area contributed by atoms with Crippen LogP contribution in [0.3, 0.4) is 0 Å². The van der Waals surface area contributed by atoms with E-state index in [1.165, 1.54) is 17.8 Å². The lowest BCUT2D eigenvalue weighted by atomic mass is 10.1. The molecule has 0 saturated heterocycles.